The molecule has 0 radical (unpaired) electrons. The van der Waals surface area contributed by atoms with Gasteiger partial charge in [-0.1, -0.05) is 17.3 Å². The fourth-order valence-electron chi connectivity index (χ4n) is 4.34. The number of aromatic nitrogens is 3. The second kappa shape index (κ2) is 10.8. The van der Waals surface area contributed by atoms with Crippen LogP contribution >= 0.6 is 0 Å². The molecule has 0 saturated carbocycles. The third-order valence-electron chi connectivity index (χ3n) is 6.28. The second-order valence-electron chi connectivity index (χ2n) is 11.9. The van der Waals surface area contributed by atoms with Crippen molar-refractivity contribution in [2.75, 3.05) is 0 Å². The maximum absolute atomic E-state index is 13.9. The number of benzene rings is 2. The first kappa shape index (κ1) is 29.4. The van der Waals surface area contributed by atoms with Crippen LogP contribution in [0, 0.1) is 5.41 Å². The summed E-state index contributed by atoms with van der Waals surface area (Å²) in [7, 11) is 0. The molecule has 0 bridgehead atoms. The molecule has 0 atom stereocenters. The summed E-state index contributed by atoms with van der Waals surface area (Å²) in [5.41, 5.74) is -3.87. The average molecular weight is 564 g/mol. The van der Waals surface area contributed by atoms with E-state index in [1.165, 1.54) is 24.5 Å². The first-order chi connectivity index (χ1) is 19.1. The van der Waals surface area contributed by atoms with Crippen LogP contribution in [0.5, 0.6) is 5.75 Å². The number of aromatic hydroxyl groups is 1. The van der Waals surface area contributed by atoms with Gasteiger partial charge in [-0.15, -0.1) is 5.10 Å². The number of rotatable bonds is 8. The van der Waals surface area contributed by atoms with Crippen molar-refractivity contribution >= 4 is 39.6 Å². The van der Waals surface area contributed by atoms with E-state index in [0.717, 1.165) is 4.68 Å². The minimum Gasteiger partial charge on any atom is -0.508 e. The lowest BCUT2D eigenvalue weighted by atomic mass is 9.78. The molecule has 0 unspecified atom stereocenters. The largest absolute Gasteiger partial charge is 0.508 e. The van der Waals surface area contributed by atoms with E-state index in [9.17, 15) is 24.3 Å². The monoisotopic (exact) mass is 563 g/mol. The number of aryl methyl sites for hydroxylation is 1. The lowest BCUT2D eigenvalue weighted by Gasteiger charge is -2.34. The highest BCUT2D eigenvalue weighted by Gasteiger charge is 2.52. The van der Waals surface area contributed by atoms with Crippen molar-refractivity contribution in [2.24, 2.45) is 5.41 Å². The molecule has 1 N–H and O–H groups in total. The van der Waals surface area contributed by atoms with Gasteiger partial charge < -0.3 is 19.0 Å². The number of esters is 2. The average Bonchev–Trinajstić information content (AvgIpc) is 3.28. The van der Waals surface area contributed by atoms with Crippen molar-refractivity contribution in [1.29, 1.82) is 0 Å². The number of furan rings is 1. The van der Waals surface area contributed by atoms with E-state index in [4.69, 9.17) is 13.9 Å². The Morgan fingerprint density at radius 2 is 1.56 bits per heavy atom. The molecule has 0 aliphatic heterocycles. The van der Waals surface area contributed by atoms with Crippen molar-refractivity contribution in [3.05, 3.63) is 64.6 Å². The minimum absolute atomic E-state index is 0.0513. The van der Waals surface area contributed by atoms with Crippen molar-refractivity contribution in [3.63, 3.8) is 0 Å². The van der Waals surface area contributed by atoms with Crippen LogP contribution in [-0.4, -0.2) is 49.0 Å². The zero-order valence-electron chi connectivity index (χ0n) is 23.9. The molecule has 0 fully saturated rings. The molecule has 41 heavy (non-hydrogen) atoms. The molecule has 0 aliphatic carbocycles. The molecular weight excluding hydrogens is 530 g/mol. The highest BCUT2D eigenvalue weighted by molar-refractivity contribution is 6.12. The number of phenols is 1. The zero-order valence-corrected chi connectivity index (χ0v) is 23.9. The van der Waals surface area contributed by atoms with Crippen LogP contribution in [0.25, 0.3) is 21.9 Å². The van der Waals surface area contributed by atoms with Crippen molar-refractivity contribution in [3.8, 4) is 5.75 Å². The van der Waals surface area contributed by atoms with Crippen LogP contribution in [0.15, 0.2) is 57.9 Å². The highest BCUT2D eigenvalue weighted by atomic mass is 16.6. The number of ketones is 1. The summed E-state index contributed by atoms with van der Waals surface area (Å²) < 4.78 is 17.9. The topological polar surface area (TPSA) is 151 Å². The number of ether oxygens (including phenoxy) is 2. The number of phenolic OH excluding ortho intramolecular Hbond substituents is 1. The van der Waals surface area contributed by atoms with Gasteiger partial charge in [0.05, 0.1) is 10.9 Å². The Bertz CT molecular complexity index is 1660. The molecule has 4 rings (SSSR count). The Morgan fingerprint density at radius 3 is 2.20 bits per heavy atom. The quantitative estimate of drug-likeness (QED) is 0.183. The van der Waals surface area contributed by atoms with E-state index in [1.807, 2.05) is 0 Å². The number of Topliss-reactive ketones (excluding diaryl/α,β-unsaturated/α-hetero) is 1. The van der Waals surface area contributed by atoms with Crippen LogP contribution in [0.3, 0.4) is 0 Å². The molecule has 0 amide bonds. The number of hydrogen-bond donors (Lipinski definition) is 1. The van der Waals surface area contributed by atoms with Gasteiger partial charge in [0.25, 0.3) is 5.56 Å². The van der Waals surface area contributed by atoms with Gasteiger partial charge in [-0.05, 0) is 72.2 Å². The second-order valence-corrected chi connectivity index (χ2v) is 11.9. The smallest absolute Gasteiger partial charge is 0.324 e. The molecule has 0 aliphatic rings. The Balaban J connectivity index is 1.81. The first-order valence-corrected chi connectivity index (χ1v) is 13.1. The molecule has 11 heteroatoms. The molecule has 2 aromatic heterocycles. The van der Waals surface area contributed by atoms with Crippen LogP contribution < -0.4 is 5.56 Å². The summed E-state index contributed by atoms with van der Waals surface area (Å²) in [6.45, 7) is 9.61. The first-order valence-electron chi connectivity index (χ1n) is 13.1. The van der Waals surface area contributed by atoms with Gasteiger partial charge in [0.15, 0.2) is 11.2 Å². The van der Waals surface area contributed by atoms with E-state index in [0.29, 0.717) is 16.3 Å². The summed E-state index contributed by atoms with van der Waals surface area (Å²) in [5, 5.41) is 18.6. The number of hydrogen-bond acceptors (Lipinski definition) is 10. The fourth-order valence-corrected chi connectivity index (χ4v) is 4.34. The maximum atomic E-state index is 13.9. The normalized spacial score (nSPS) is 12.4. The van der Waals surface area contributed by atoms with Crippen LogP contribution in [0.2, 0.25) is 0 Å². The summed E-state index contributed by atoms with van der Waals surface area (Å²) in [4.78, 5) is 54.7. The van der Waals surface area contributed by atoms with Gasteiger partial charge in [0.2, 0.25) is 0 Å². The Morgan fingerprint density at radius 1 is 0.927 bits per heavy atom. The zero-order chi connectivity index (χ0) is 30.2. The highest BCUT2D eigenvalue weighted by Crippen LogP contribution is 2.37. The number of fused-ring (bicyclic) bond motifs is 2. The SMILES string of the molecule is CC(C)(C)OC(=O)C(CCn1nnc2ccccc2c1=O)(CC(=O)c1coc2cc(O)ccc12)C(=O)OC(C)(C)C. The number of nitrogens with zero attached hydrogens (tertiary/aromatic N) is 3. The summed E-state index contributed by atoms with van der Waals surface area (Å²) in [6.07, 6.45) is 0.231. The maximum Gasteiger partial charge on any atom is 0.324 e. The summed E-state index contributed by atoms with van der Waals surface area (Å²) in [6, 6.07) is 10.9. The lowest BCUT2D eigenvalue weighted by Crippen LogP contribution is -2.49. The van der Waals surface area contributed by atoms with Crippen molar-refractivity contribution in [1.82, 2.24) is 15.0 Å². The molecular formula is C30H33N3O8. The van der Waals surface area contributed by atoms with Crippen molar-refractivity contribution in [2.45, 2.75) is 72.1 Å². The van der Waals surface area contributed by atoms with Gasteiger partial charge in [-0.25, -0.2) is 4.68 Å². The molecule has 4 aromatic rings. The van der Waals surface area contributed by atoms with E-state index >= 15 is 0 Å². The van der Waals surface area contributed by atoms with Gasteiger partial charge in [0, 0.05) is 24.4 Å². The molecule has 2 heterocycles. The van der Waals surface area contributed by atoms with Gasteiger partial charge in [0.1, 0.15) is 34.3 Å². The predicted molar refractivity (Wildman–Crippen MR) is 149 cm³/mol. The predicted octanol–water partition coefficient (Wildman–Crippen LogP) is 4.58. The number of carbonyl (C=O) groups excluding carboxylic acids is 3. The summed E-state index contributed by atoms with van der Waals surface area (Å²) in [5.74, 6) is -2.59. The molecule has 0 spiro atoms. The Kier molecular flexibility index (Phi) is 7.75. The molecule has 2 aromatic carbocycles. The van der Waals surface area contributed by atoms with Gasteiger partial charge >= 0.3 is 11.9 Å². The van der Waals surface area contributed by atoms with Crippen LogP contribution in [0.4, 0.5) is 0 Å². The minimum atomic E-state index is -2.15. The summed E-state index contributed by atoms with van der Waals surface area (Å²) >= 11 is 0. The van der Waals surface area contributed by atoms with E-state index in [-0.39, 0.29) is 29.9 Å². The van der Waals surface area contributed by atoms with E-state index < -0.39 is 46.3 Å². The van der Waals surface area contributed by atoms with Gasteiger partial charge in [-0.3, -0.25) is 19.2 Å². The number of carbonyl (C=O) groups is 3. The molecule has 216 valence electrons. The van der Waals surface area contributed by atoms with Crippen molar-refractivity contribution < 1.29 is 33.4 Å². The Labute approximate surface area is 236 Å². The fraction of sp³-hybridized carbons (Fsp3) is 0.400. The van der Waals surface area contributed by atoms with Crippen LogP contribution in [0.1, 0.15) is 64.7 Å². The molecule has 0 saturated heterocycles. The third-order valence-corrected chi connectivity index (χ3v) is 6.28. The Hall–Kier alpha value is -4.54. The van der Waals surface area contributed by atoms with Gasteiger partial charge in [-0.2, -0.15) is 0 Å². The van der Waals surface area contributed by atoms with E-state index in [1.54, 1.807) is 65.8 Å². The standard InChI is InChI=1S/C30H33N3O8/c1-28(2,3)40-26(37)30(27(38)41-29(4,5)6,13-14-33-25(36)20-9-7-8-10-22(20)31-32-33)16-23(35)21-17-39-24-15-18(34)11-12-19(21)24/h7-12,15,17,34H,13-14,16H2,1-6H3. The molecule has 11 nitrogen and oxygen atoms in total. The van der Waals surface area contributed by atoms with Crippen LogP contribution in [-0.2, 0) is 25.6 Å². The lowest BCUT2D eigenvalue weighted by molar-refractivity contribution is -0.186. The van der Waals surface area contributed by atoms with E-state index in [2.05, 4.69) is 10.3 Å². The third kappa shape index (κ3) is 6.45.